The first-order valence-corrected chi connectivity index (χ1v) is 10.2. The second kappa shape index (κ2) is 6.65. The summed E-state index contributed by atoms with van der Waals surface area (Å²) in [7, 11) is 0. The first kappa shape index (κ1) is 18.1. The number of amides is 2. The molecule has 6 rings (SSSR count). The number of hydrogen-bond acceptors (Lipinski definition) is 4. The standard InChI is InChI=1S/C24H18FN3O3/c25-15-10-14-5-9-31-22(14)17(11-15)19-20(24(30)27-23(19)29)18-12-28-8-7-26-6-4-13-2-1-3-16(18)21(13)28/h1-3,5,9-12,26H,4,6-8H2,(H,27,29,30). The summed E-state index contributed by atoms with van der Waals surface area (Å²) in [6.45, 7) is 2.44. The molecule has 0 fully saturated rings. The van der Waals surface area contributed by atoms with E-state index in [0.717, 1.165) is 37.0 Å². The first-order valence-electron chi connectivity index (χ1n) is 10.2. The Balaban J connectivity index is 1.69. The van der Waals surface area contributed by atoms with Crippen molar-refractivity contribution < 1.29 is 18.4 Å². The molecule has 0 unspecified atom stereocenters. The summed E-state index contributed by atoms with van der Waals surface area (Å²) < 4.78 is 22.0. The molecule has 2 aromatic carbocycles. The minimum Gasteiger partial charge on any atom is -0.464 e. The second-order valence-corrected chi connectivity index (χ2v) is 7.88. The molecule has 0 radical (unpaired) electrons. The Morgan fingerprint density at radius 3 is 2.71 bits per heavy atom. The number of para-hydroxylation sites is 1. The predicted octanol–water partition coefficient (Wildman–Crippen LogP) is 3.24. The van der Waals surface area contributed by atoms with E-state index in [1.807, 2.05) is 18.3 Å². The highest BCUT2D eigenvalue weighted by Crippen LogP contribution is 2.39. The van der Waals surface area contributed by atoms with Crippen LogP contribution in [0.2, 0.25) is 0 Å². The molecule has 0 aliphatic carbocycles. The van der Waals surface area contributed by atoms with Crippen LogP contribution in [0.15, 0.2) is 53.3 Å². The van der Waals surface area contributed by atoms with E-state index in [1.165, 1.54) is 24.0 Å². The van der Waals surface area contributed by atoms with Gasteiger partial charge in [0, 0.05) is 41.2 Å². The van der Waals surface area contributed by atoms with Crippen LogP contribution in [0.4, 0.5) is 4.39 Å². The van der Waals surface area contributed by atoms with Crippen molar-refractivity contribution in [3.63, 3.8) is 0 Å². The Morgan fingerprint density at radius 1 is 1.00 bits per heavy atom. The van der Waals surface area contributed by atoms with Gasteiger partial charge in [-0.3, -0.25) is 14.9 Å². The Labute approximate surface area is 176 Å². The number of hydrogen-bond donors (Lipinski definition) is 2. The molecule has 154 valence electrons. The van der Waals surface area contributed by atoms with E-state index in [4.69, 9.17) is 4.42 Å². The highest BCUT2D eigenvalue weighted by Gasteiger charge is 2.35. The average Bonchev–Trinajstić information content (AvgIpc) is 3.41. The zero-order valence-electron chi connectivity index (χ0n) is 16.5. The quantitative estimate of drug-likeness (QED) is 0.493. The van der Waals surface area contributed by atoms with Gasteiger partial charge >= 0.3 is 0 Å². The Morgan fingerprint density at radius 2 is 1.84 bits per heavy atom. The van der Waals surface area contributed by atoms with Gasteiger partial charge in [0.25, 0.3) is 11.8 Å². The van der Waals surface area contributed by atoms with E-state index in [1.54, 1.807) is 6.07 Å². The second-order valence-electron chi connectivity index (χ2n) is 7.88. The number of furan rings is 1. The Bertz CT molecular complexity index is 1440. The Hall–Kier alpha value is -3.71. The van der Waals surface area contributed by atoms with Gasteiger partial charge in [0.1, 0.15) is 11.4 Å². The number of nitrogens with one attached hydrogen (secondary N) is 2. The van der Waals surface area contributed by atoms with Gasteiger partial charge < -0.3 is 14.3 Å². The van der Waals surface area contributed by atoms with E-state index in [0.29, 0.717) is 16.5 Å². The smallest absolute Gasteiger partial charge is 0.259 e. The fourth-order valence-electron chi connectivity index (χ4n) is 4.76. The third kappa shape index (κ3) is 2.67. The van der Waals surface area contributed by atoms with Gasteiger partial charge in [-0.1, -0.05) is 18.2 Å². The van der Waals surface area contributed by atoms with Crippen molar-refractivity contribution in [3.05, 3.63) is 71.4 Å². The number of carbonyl (C=O) groups excluding carboxylic acids is 2. The molecule has 0 spiro atoms. The lowest BCUT2D eigenvalue weighted by atomic mass is 9.94. The van der Waals surface area contributed by atoms with E-state index in [9.17, 15) is 14.0 Å². The third-order valence-electron chi connectivity index (χ3n) is 6.07. The maximum absolute atomic E-state index is 14.4. The number of aromatic nitrogens is 1. The average molecular weight is 415 g/mol. The lowest BCUT2D eigenvalue weighted by Crippen LogP contribution is -2.24. The number of halogens is 1. The number of benzene rings is 2. The predicted molar refractivity (Wildman–Crippen MR) is 115 cm³/mol. The fraction of sp³-hybridized carbons (Fsp3) is 0.167. The molecule has 7 heteroatoms. The van der Waals surface area contributed by atoms with Crippen LogP contribution in [-0.4, -0.2) is 29.5 Å². The lowest BCUT2D eigenvalue weighted by Gasteiger charge is -2.14. The monoisotopic (exact) mass is 415 g/mol. The molecule has 0 bridgehead atoms. The van der Waals surface area contributed by atoms with Crippen LogP contribution in [0, 0.1) is 5.82 Å². The van der Waals surface area contributed by atoms with Crippen molar-refractivity contribution in [1.29, 1.82) is 0 Å². The lowest BCUT2D eigenvalue weighted by molar-refractivity contribution is -0.122. The highest BCUT2D eigenvalue weighted by atomic mass is 19.1. The molecule has 31 heavy (non-hydrogen) atoms. The Kier molecular flexibility index (Phi) is 3.88. The third-order valence-corrected chi connectivity index (χ3v) is 6.07. The maximum Gasteiger partial charge on any atom is 0.259 e. The molecule has 2 aliphatic rings. The summed E-state index contributed by atoms with van der Waals surface area (Å²) in [5, 5.41) is 7.25. The molecule has 2 aliphatic heterocycles. The van der Waals surface area contributed by atoms with Crippen molar-refractivity contribution in [2.75, 3.05) is 13.1 Å². The van der Waals surface area contributed by atoms with Gasteiger partial charge in [0.05, 0.1) is 22.9 Å². The van der Waals surface area contributed by atoms with Crippen molar-refractivity contribution in [2.45, 2.75) is 13.0 Å². The SMILES string of the molecule is O=C1NC(=O)C(c2cc(F)cc3ccoc23)=C1c1cn2c3c(cccc13)CCNCC2. The fourth-order valence-corrected chi connectivity index (χ4v) is 4.76. The van der Waals surface area contributed by atoms with Gasteiger partial charge in [-0.25, -0.2) is 4.39 Å². The number of rotatable bonds is 2. The van der Waals surface area contributed by atoms with E-state index < -0.39 is 17.6 Å². The normalized spacial score (nSPS) is 16.8. The molecular weight excluding hydrogens is 397 g/mol. The van der Waals surface area contributed by atoms with Gasteiger partial charge in [0.2, 0.25) is 0 Å². The van der Waals surface area contributed by atoms with Crippen molar-refractivity contribution in [2.24, 2.45) is 0 Å². The summed E-state index contributed by atoms with van der Waals surface area (Å²) in [5.74, 6) is -1.53. The van der Waals surface area contributed by atoms with Crippen LogP contribution in [-0.2, 0) is 22.6 Å². The van der Waals surface area contributed by atoms with Crippen molar-refractivity contribution in [3.8, 4) is 0 Å². The molecule has 0 saturated heterocycles. The molecule has 4 heterocycles. The molecule has 2 N–H and O–H groups in total. The molecule has 2 aromatic heterocycles. The van der Waals surface area contributed by atoms with Gasteiger partial charge in [-0.2, -0.15) is 0 Å². The summed E-state index contributed by atoms with van der Waals surface area (Å²) in [5.41, 5.74) is 3.97. The zero-order chi connectivity index (χ0) is 21.1. The van der Waals surface area contributed by atoms with Crippen LogP contribution in [0.3, 0.4) is 0 Å². The van der Waals surface area contributed by atoms with Crippen LogP contribution < -0.4 is 10.6 Å². The van der Waals surface area contributed by atoms with Crippen LogP contribution >= 0.6 is 0 Å². The molecule has 0 atom stereocenters. The van der Waals surface area contributed by atoms with E-state index >= 15 is 0 Å². The number of imide groups is 1. The first-order chi connectivity index (χ1) is 15.1. The topological polar surface area (TPSA) is 76.3 Å². The van der Waals surface area contributed by atoms with E-state index in [2.05, 4.69) is 21.3 Å². The van der Waals surface area contributed by atoms with Crippen LogP contribution in [0.5, 0.6) is 0 Å². The molecule has 0 saturated carbocycles. The van der Waals surface area contributed by atoms with Crippen LogP contribution in [0.1, 0.15) is 16.7 Å². The van der Waals surface area contributed by atoms with Gasteiger partial charge in [-0.05, 0) is 36.7 Å². The van der Waals surface area contributed by atoms with E-state index in [-0.39, 0.29) is 16.7 Å². The van der Waals surface area contributed by atoms with Crippen LogP contribution in [0.25, 0.3) is 33.0 Å². The summed E-state index contributed by atoms with van der Waals surface area (Å²) in [4.78, 5) is 25.8. The molecule has 4 aromatic rings. The summed E-state index contributed by atoms with van der Waals surface area (Å²) in [6, 6.07) is 10.3. The van der Waals surface area contributed by atoms with Crippen molar-refractivity contribution >= 4 is 44.8 Å². The number of fused-ring (bicyclic) bond motifs is 1. The molecule has 6 nitrogen and oxygen atoms in total. The molecular formula is C24H18FN3O3. The molecule has 2 amide bonds. The van der Waals surface area contributed by atoms with Crippen molar-refractivity contribution in [1.82, 2.24) is 15.2 Å². The van der Waals surface area contributed by atoms with Gasteiger partial charge in [0.15, 0.2) is 0 Å². The minimum absolute atomic E-state index is 0.141. The maximum atomic E-state index is 14.4. The summed E-state index contributed by atoms with van der Waals surface area (Å²) in [6.07, 6.45) is 4.24. The largest absolute Gasteiger partial charge is 0.464 e. The minimum atomic E-state index is -0.550. The van der Waals surface area contributed by atoms with Gasteiger partial charge in [-0.15, -0.1) is 0 Å². The number of carbonyl (C=O) groups is 2. The number of nitrogens with zero attached hydrogens (tertiary/aromatic N) is 1. The highest BCUT2D eigenvalue weighted by molar-refractivity contribution is 6.50. The summed E-state index contributed by atoms with van der Waals surface area (Å²) >= 11 is 0. The zero-order valence-corrected chi connectivity index (χ0v) is 16.5.